The number of hydrogen-bond donors (Lipinski definition) is 1. The molecule has 0 spiro atoms. The van der Waals surface area contributed by atoms with Crippen molar-refractivity contribution in [3.05, 3.63) is 45.5 Å². The second-order valence-electron chi connectivity index (χ2n) is 5.72. The first-order valence-corrected chi connectivity index (χ1v) is 8.10. The van der Waals surface area contributed by atoms with E-state index in [1.807, 2.05) is 24.3 Å². The molecule has 0 amide bonds. The molecular weight excluding hydrogens is 268 g/mol. The number of aryl methyl sites for hydroxylation is 1. The second kappa shape index (κ2) is 5.35. The van der Waals surface area contributed by atoms with E-state index in [1.54, 1.807) is 0 Å². The Morgan fingerprint density at radius 2 is 2.20 bits per heavy atom. The van der Waals surface area contributed by atoms with Crippen molar-refractivity contribution in [2.24, 2.45) is 5.73 Å². The highest BCUT2D eigenvalue weighted by molar-refractivity contribution is 7.10. The van der Waals surface area contributed by atoms with Crippen LogP contribution in [-0.2, 0) is 6.42 Å². The quantitative estimate of drug-likeness (QED) is 0.938. The Morgan fingerprint density at radius 3 is 2.85 bits per heavy atom. The third-order valence-corrected chi connectivity index (χ3v) is 5.23. The van der Waals surface area contributed by atoms with Crippen LogP contribution in [-0.4, -0.2) is 17.5 Å². The first-order chi connectivity index (χ1) is 9.58. The molecule has 1 aliphatic heterocycles. The molecule has 0 radical (unpaired) electrons. The smallest absolute Gasteiger partial charge is 0.122 e. The third-order valence-electron chi connectivity index (χ3n) is 4.23. The summed E-state index contributed by atoms with van der Waals surface area (Å²) in [6.07, 6.45) is 1.11. The van der Waals surface area contributed by atoms with Crippen LogP contribution in [0.2, 0.25) is 0 Å². The van der Waals surface area contributed by atoms with Gasteiger partial charge in [0.05, 0.1) is 6.04 Å². The number of thiophene rings is 1. The predicted molar refractivity (Wildman–Crippen MR) is 83.0 cm³/mol. The van der Waals surface area contributed by atoms with Crippen LogP contribution in [0.5, 0.6) is 0 Å². The summed E-state index contributed by atoms with van der Waals surface area (Å²) in [5.41, 5.74) is 7.72. The number of fused-ring (bicyclic) bond motifs is 1. The van der Waals surface area contributed by atoms with Gasteiger partial charge < -0.3 is 10.2 Å². The largest absolute Gasteiger partial charge is 0.465 e. The zero-order valence-electron chi connectivity index (χ0n) is 12.3. The minimum absolute atomic E-state index is 0.0446. The van der Waals surface area contributed by atoms with E-state index in [-0.39, 0.29) is 12.1 Å². The number of nitrogens with two attached hydrogens (primary N) is 1. The van der Waals surface area contributed by atoms with Crippen LogP contribution in [0.3, 0.4) is 0 Å². The Bertz CT molecular complexity index is 587. The van der Waals surface area contributed by atoms with Crippen molar-refractivity contribution in [1.82, 2.24) is 4.90 Å². The number of hydrogen-bond acceptors (Lipinski definition) is 4. The van der Waals surface area contributed by atoms with Crippen LogP contribution in [0.25, 0.3) is 0 Å². The van der Waals surface area contributed by atoms with Gasteiger partial charge in [0.25, 0.3) is 0 Å². The highest BCUT2D eigenvalue weighted by Crippen LogP contribution is 2.39. The van der Waals surface area contributed by atoms with Gasteiger partial charge >= 0.3 is 0 Å². The second-order valence-corrected chi connectivity index (χ2v) is 6.72. The van der Waals surface area contributed by atoms with E-state index in [0.717, 1.165) is 24.5 Å². The number of nitrogens with zero attached hydrogens (tertiary/aromatic N) is 1. The molecule has 0 fully saturated rings. The summed E-state index contributed by atoms with van der Waals surface area (Å²) in [7, 11) is 0. The molecule has 2 aromatic rings. The van der Waals surface area contributed by atoms with Crippen LogP contribution in [0.4, 0.5) is 0 Å². The lowest BCUT2D eigenvalue weighted by atomic mass is 9.96. The number of furan rings is 1. The van der Waals surface area contributed by atoms with Gasteiger partial charge in [-0.1, -0.05) is 0 Å². The van der Waals surface area contributed by atoms with Crippen molar-refractivity contribution in [2.45, 2.75) is 45.3 Å². The van der Waals surface area contributed by atoms with Gasteiger partial charge in [-0.2, -0.15) is 0 Å². The van der Waals surface area contributed by atoms with Gasteiger partial charge in [-0.15, -0.1) is 11.3 Å². The standard InChI is InChI=1S/C16H22N2OS/c1-10-4-5-14(19-10)16(11(2)17)18-8-6-15-13(12(18)3)7-9-20-15/h4-5,7,9,11-12,16H,6,8,17H2,1-3H3. The van der Waals surface area contributed by atoms with E-state index >= 15 is 0 Å². The molecule has 4 heteroatoms. The van der Waals surface area contributed by atoms with Crippen LogP contribution in [0.1, 0.15) is 47.9 Å². The summed E-state index contributed by atoms with van der Waals surface area (Å²) in [6, 6.07) is 6.93. The van der Waals surface area contributed by atoms with Crippen LogP contribution >= 0.6 is 11.3 Å². The third kappa shape index (κ3) is 2.32. The molecule has 3 rings (SSSR count). The van der Waals surface area contributed by atoms with Crippen LogP contribution < -0.4 is 5.73 Å². The van der Waals surface area contributed by atoms with E-state index in [4.69, 9.17) is 10.2 Å². The zero-order chi connectivity index (χ0) is 14.3. The first kappa shape index (κ1) is 13.9. The van der Waals surface area contributed by atoms with Gasteiger partial charge in [0.1, 0.15) is 11.5 Å². The molecule has 0 aliphatic carbocycles. The molecule has 0 saturated carbocycles. The molecule has 3 nitrogen and oxygen atoms in total. The summed E-state index contributed by atoms with van der Waals surface area (Å²) in [5.74, 6) is 1.94. The van der Waals surface area contributed by atoms with Crippen LogP contribution in [0, 0.1) is 6.92 Å². The van der Waals surface area contributed by atoms with Crippen molar-refractivity contribution in [2.75, 3.05) is 6.54 Å². The Kier molecular flexibility index (Phi) is 3.71. The molecule has 3 heterocycles. The molecule has 0 saturated heterocycles. The maximum absolute atomic E-state index is 6.27. The van der Waals surface area contributed by atoms with Crippen molar-refractivity contribution in [3.8, 4) is 0 Å². The van der Waals surface area contributed by atoms with E-state index in [0.29, 0.717) is 6.04 Å². The Balaban J connectivity index is 1.93. The topological polar surface area (TPSA) is 42.4 Å². The van der Waals surface area contributed by atoms with Gasteiger partial charge in [-0.3, -0.25) is 4.90 Å². The first-order valence-electron chi connectivity index (χ1n) is 7.22. The van der Waals surface area contributed by atoms with E-state index in [9.17, 15) is 0 Å². The van der Waals surface area contributed by atoms with E-state index in [2.05, 4.69) is 36.3 Å². The summed E-state index contributed by atoms with van der Waals surface area (Å²) >= 11 is 1.87. The van der Waals surface area contributed by atoms with Gasteiger partial charge in [0.15, 0.2) is 0 Å². The molecule has 0 bridgehead atoms. The average Bonchev–Trinajstić information content (AvgIpc) is 3.01. The van der Waals surface area contributed by atoms with Crippen LogP contribution in [0.15, 0.2) is 28.0 Å². The fourth-order valence-corrected chi connectivity index (χ4v) is 4.21. The lowest BCUT2D eigenvalue weighted by molar-refractivity contribution is 0.102. The summed E-state index contributed by atoms with van der Waals surface area (Å²) in [5, 5.41) is 2.20. The maximum Gasteiger partial charge on any atom is 0.122 e. The van der Waals surface area contributed by atoms with Gasteiger partial charge in [-0.25, -0.2) is 0 Å². The fraction of sp³-hybridized carbons (Fsp3) is 0.500. The number of rotatable bonds is 3. The highest BCUT2D eigenvalue weighted by atomic mass is 32.1. The maximum atomic E-state index is 6.27. The van der Waals surface area contributed by atoms with Gasteiger partial charge in [-0.05, 0) is 56.3 Å². The zero-order valence-corrected chi connectivity index (χ0v) is 13.1. The Morgan fingerprint density at radius 1 is 1.40 bits per heavy atom. The monoisotopic (exact) mass is 290 g/mol. The Labute approximate surface area is 124 Å². The summed E-state index contributed by atoms with van der Waals surface area (Å²) in [4.78, 5) is 4.01. The molecule has 2 N–H and O–H groups in total. The van der Waals surface area contributed by atoms with Gasteiger partial charge in [0, 0.05) is 23.5 Å². The minimum Gasteiger partial charge on any atom is -0.465 e. The molecule has 3 unspecified atom stereocenters. The summed E-state index contributed by atoms with van der Waals surface area (Å²) in [6.45, 7) is 7.37. The lowest BCUT2D eigenvalue weighted by Crippen LogP contribution is -2.43. The SMILES string of the molecule is Cc1ccc(C(C(C)N)N2CCc3sccc3C2C)o1. The predicted octanol–water partition coefficient (Wildman–Crippen LogP) is 3.66. The fourth-order valence-electron chi connectivity index (χ4n) is 3.25. The molecular formula is C16H22N2OS. The summed E-state index contributed by atoms with van der Waals surface area (Å²) < 4.78 is 5.86. The molecule has 3 atom stereocenters. The van der Waals surface area contributed by atoms with Crippen molar-refractivity contribution in [1.29, 1.82) is 0 Å². The van der Waals surface area contributed by atoms with E-state index in [1.165, 1.54) is 10.4 Å². The Hall–Kier alpha value is -1.10. The van der Waals surface area contributed by atoms with E-state index < -0.39 is 0 Å². The normalized spacial score (nSPS) is 22.5. The molecule has 1 aliphatic rings. The highest BCUT2D eigenvalue weighted by Gasteiger charge is 2.34. The van der Waals surface area contributed by atoms with Crippen molar-refractivity contribution in [3.63, 3.8) is 0 Å². The van der Waals surface area contributed by atoms with Crippen molar-refractivity contribution >= 4 is 11.3 Å². The molecule has 0 aromatic carbocycles. The molecule has 108 valence electrons. The van der Waals surface area contributed by atoms with Gasteiger partial charge in [0.2, 0.25) is 0 Å². The molecule has 2 aromatic heterocycles. The average molecular weight is 290 g/mol. The minimum atomic E-state index is 0.0446. The van der Waals surface area contributed by atoms with Crippen molar-refractivity contribution < 1.29 is 4.42 Å². The lowest BCUT2D eigenvalue weighted by Gasteiger charge is -2.40. The molecule has 20 heavy (non-hydrogen) atoms.